The summed E-state index contributed by atoms with van der Waals surface area (Å²) in [5, 5.41) is 0. The first kappa shape index (κ1) is 11.9. The largest absolute Gasteiger partial charge is 0.298 e. The standard InChI is InChI=1S/C12H16FNO/c1-4-11(15)12(14(2)3)9-6-5-7-10(13)8-9/h5-8,12H,4H2,1-3H3. The van der Waals surface area contributed by atoms with Crippen LogP contribution in [0.25, 0.3) is 0 Å². The number of likely N-dealkylation sites (N-methyl/N-ethyl adjacent to an activating group) is 1. The van der Waals surface area contributed by atoms with Crippen LogP contribution < -0.4 is 0 Å². The molecule has 0 aromatic heterocycles. The average molecular weight is 209 g/mol. The van der Waals surface area contributed by atoms with E-state index in [1.807, 2.05) is 21.0 Å². The topological polar surface area (TPSA) is 20.3 Å². The van der Waals surface area contributed by atoms with Crippen molar-refractivity contribution in [3.63, 3.8) is 0 Å². The van der Waals surface area contributed by atoms with Gasteiger partial charge in [-0.25, -0.2) is 4.39 Å². The molecule has 82 valence electrons. The Labute approximate surface area is 89.7 Å². The van der Waals surface area contributed by atoms with E-state index in [-0.39, 0.29) is 17.6 Å². The average Bonchev–Trinajstić information content (AvgIpc) is 2.17. The van der Waals surface area contributed by atoms with Crippen LogP contribution in [0.3, 0.4) is 0 Å². The van der Waals surface area contributed by atoms with E-state index in [0.717, 1.165) is 0 Å². The molecule has 15 heavy (non-hydrogen) atoms. The smallest absolute Gasteiger partial charge is 0.154 e. The lowest BCUT2D eigenvalue weighted by Crippen LogP contribution is -2.27. The van der Waals surface area contributed by atoms with E-state index in [2.05, 4.69) is 0 Å². The Balaban J connectivity index is 3.04. The minimum Gasteiger partial charge on any atom is -0.298 e. The number of benzene rings is 1. The van der Waals surface area contributed by atoms with Crippen molar-refractivity contribution in [3.8, 4) is 0 Å². The van der Waals surface area contributed by atoms with Crippen LogP contribution in [0, 0.1) is 5.82 Å². The molecule has 0 spiro atoms. The van der Waals surface area contributed by atoms with Crippen LogP contribution in [-0.2, 0) is 4.79 Å². The molecule has 0 heterocycles. The van der Waals surface area contributed by atoms with Crippen molar-refractivity contribution in [1.29, 1.82) is 0 Å². The number of rotatable bonds is 4. The van der Waals surface area contributed by atoms with Gasteiger partial charge in [-0.3, -0.25) is 9.69 Å². The van der Waals surface area contributed by atoms with Crippen LogP contribution in [-0.4, -0.2) is 24.8 Å². The molecule has 1 atom stereocenters. The summed E-state index contributed by atoms with van der Waals surface area (Å²) in [5.74, 6) is -0.200. The molecule has 1 unspecified atom stereocenters. The van der Waals surface area contributed by atoms with Gasteiger partial charge < -0.3 is 0 Å². The van der Waals surface area contributed by atoms with E-state index in [4.69, 9.17) is 0 Å². The Morgan fingerprint density at radius 3 is 2.60 bits per heavy atom. The van der Waals surface area contributed by atoms with Gasteiger partial charge in [0.1, 0.15) is 5.82 Å². The molecule has 0 aliphatic heterocycles. The number of halogens is 1. The maximum Gasteiger partial charge on any atom is 0.154 e. The van der Waals surface area contributed by atoms with Crippen LogP contribution in [0.15, 0.2) is 24.3 Å². The van der Waals surface area contributed by atoms with Gasteiger partial charge in [-0.1, -0.05) is 19.1 Å². The Morgan fingerprint density at radius 2 is 2.13 bits per heavy atom. The highest BCUT2D eigenvalue weighted by molar-refractivity contribution is 5.84. The molecule has 1 aromatic rings. The highest BCUT2D eigenvalue weighted by atomic mass is 19.1. The molecule has 2 nitrogen and oxygen atoms in total. The summed E-state index contributed by atoms with van der Waals surface area (Å²) in [5.41, 5.74) is 0.715. The van der Waals surface area contributed by atoms with Crippen LogP contribution in [0.4, 0.5) is 4.39 Å². The quantitative estimate of drug-likeness (QED) is 0.759. The molecule has 1 aromatic carbocycles. The van der Waals surface area contributed by atoms with Gasteiger partial charge in [-0.15, -0.1) is 0 Å². The maximum atomic E-state index is 13.0. The van der Waals surface area contributed by atoms with Gasteiger partial charge in [0.05, 0.1) is 6.04 Å². The summed E-state index contributed by atoms with van der Waals surface area (Å²) in [4.78, 5) is 13.5. The lowest BCUT2D eigenvalue weighted by molar-refractivity contribution is -0.123. The molecule has 0 aliphatic rings. The molecule has 0 saturated carbocycles. The van der Waals surface area contributed by atoms with Crippen molar-refractivity contribution >= 4 is 5.78 Å². The number of hydrogen-bond acceptors (Lipinski definition) is 2. The highest BCUT2D eigenvalue weighted by Gasteiger charge is 2.21. The van der Waals surface area contributed by atoms with Crippen LogP contribution >= 0.6 is 0 Å². The Bertz CT molecular complexity index is 349. The molecule has 0 bridgehead atoms. The monoisotopic (exact) mass is 209 g/mol. The van der Waals surface area contributed by atoms with Crippen LogP contribution in [0.5, 0.6) is 0 Å². The number of carbonyl (C=O) groups is 1. The first-order valence-corrected chi connectivity index (χ1v) is 5.01. The Hall–Kier alpha value is -1.22. The summed E-state index contributed by atoms with van der Waals surface area (Å²) in [6.45, 7) is 1.82. The normalized spacial score (nSPS) is 12.9. The molecule has 0 radical (unpaired) electrons. The minimum atomic E-state index is -0.342. The third-order valence-corrected chi connectivity index (χ3v) is 2.33. The predicted molar refractivity (Wildman–Crippen MR) is 58.1 cm³/mol. The predicted octanol–water partition coefficient (Wildman–Crippen LogP) is 2.41. The molecule has 0 N–H and O–H groups in total. The number of ketones is 1. The van der Waals surface area contributed by atoms with Gasteiger partial charge in [0.15, 0.2) is 5.78 Å². The first-order chi connectivity index (χ1) is 7.06. The lowest BCUT2D eigenvalue weighted by atomic mass is 10.0. The number of carbonyl (C=O) groups excluding carboxylic acids is 1. The Morgan fingerprint density at radius 1 is 1.47 bits per heavy atom. The number of hydrogen-bond donors (Lipinski definition) is 0. The second-order valence-electron chi connectivity index (χ2n) is 3.74. The van der Waals surface area contributed by atoms with Crippen molar-refractivity contribution in [3.05, 3.63) is 35.6 Å². The van der Waals surface area contributed by atoms with Crippen molar-refractivity contribution in [2.75, 3.05) is 14.1 Å². The summed E-state index contributed by atoms with van der Waals surface area (Å²) in [6.07, 6.45) is 0.458. The molecule has 0 aliphatic carbocycles. The van der Waals surface area contributed by atoms with E-state index in [9.17, 15) is 9.18 Å². The first-order valence-electron chi connectivity index (χ1n) is 5.01. The van der Waals surface area contributed by atoms with Gasteiger partial charge in [0.25, 0.3) is 0 Å². The summed E-state index contributed by atoms with van der Waals surface area (Å²) in [6, 6.07) is 5.86. The number of Topliss-reactive ketones (excluding diaryl/α,β-unsaturated/α-hetero) is 1. The molecule has 1 rings (SSSR count). The molecule has 3 heteroatoms. The molecule has 0 amide bonds. The fourth-order valence-corrected chi connectivity index (χ4v) is 1.64. The minimum absolute atomic E-state index is 0.102. The highest BCUT2D eigenvalue weighted by Crippen LogP contribution is 2.21. The second kappa shape index (κ2) is 5.03. The molecule has 0 fully saturated rings. The molecule has 0 saturated heterocycles. The van der Waals surface area contributed by atoms with Gasteiger partial charge in [-0.05, 0) is 31.8 Å². The number of nitrogens with zero attached hydrogens (tertiary/aromatic N) is 1. The zero-order valence-corrected chi connectivity index (χ0v) is 9.33. The fraction of sp³-hybridized carbons (Fsp3) is 0.417. The summed E-state index contributed by atoms with van der Waals surface area (Å²) < 4.78 is 13.0. The van der Waals surface area contributed by atoms with Crippen molar-refractivity contribution < 1.29 is 9.18 Å². The van der Waals surface area contributed by atoms with Crippen LogP contribution in [0.2, 0.25) is 0 Å². The van der Waals surface area contributed by atoms with Gasteiger partial charge in [-0.2, -0.15) is 0 Å². The zero-order valence-electron chi connectivity index (χ0n) is 9.33. The van der Waals surface area contributed by atoms with E-state index in [0.29, 0.717) is 12.0 Å². The van der Waals surface area contributed by atoms with Gasteiger partial charge in [0, 0.05) is 6.42 Å². The van der Waals surface area contributed by atoms with Gasteiger partial charge in [0.2, 0.25) is 0 Å². The molecular formula is C12H16FNO. The molecular weight excluding hydrogens is 193 g/mol. The summed E-state index contributed by atoms with van der Waals surface area (Å²) >= 11 is 0. The van der Waals surface area contributed by atoms with E-state index in [1.54, 1.807) is 17.0 Å². The third kappa shape index (κ3) is 2.86. The zero-order chi connectivity index (χ0) is 11.4. The van der Waals surface area contributed by atoms with Crippen molar-refractivity contribution in [1.82, 2.24) is 4.90 Å². The maximum absolute atomic E-state index is 13.0. The fourth-order valence-electron chi connectivity index (χ4n) is 1.64. The second-order valence-corrected chi connectivity index (χ2v) is 3.74. The van der Waals surface area contributed by atoms with Gasteiger partial charge >= 0.3 is 0 Å². The van der Waals surface area contributed by atoms with E-state index in [1.165, 1.54) is 12.1 Å². The summed E-state index contributed by atoms with van der Waals surface area (Å²) in [7, 11) is 3.65. The Kier molecular flexibility index (Phi) is 3.97. The SMILES string of the molecule is CCC(=O)C(c1cccc(F)c1)N(C)C. The van der Waals surface area contributed by atoms with Crippen molar-refractivity contribution in [2.24, 2.45) is 0 Å². The lowest BCUT2D eigenvalue weighted by Gasteiger charge is -2.22. The van der Waals surface area contributed by atoms with E-state index < -0.39 is 0 Å². The van der Waals surface area contributed by atoms with E-state index >= 15 is 0 Å². The third-order valence-electron chi connectivity index (χ3n) is 2.33. The van der Waals surface area contributed by atoms with Crippen LogP contribution in [0.1, 0.15) is 24.9 Å². The van der Waals surface area contributed by atoms with Crippen molar-refractivity contribution in [2.45, 2.75) is 19.4 Å².